The zero-order valence-electron chi connectivity index (χ0n) is 10.2. The van der Waals surface area contributed by atoms with Crippen LogP contribution < -0.4 is 5.73 Å². The van der Waals surface area contributed by atoms with Crippen LogP contribution in [-0.2, 0) is 0 Å². The fraction of sp³-hybridized carbons (Fsp3) is 0.462. The normalized spacial score (nSPS) is 24.1. The number of benzene rings is 1. The molecule has 1 amide bonds. The molecule has 2 atom stereocenters. The Kier molecular flexibility index (Phi) is 4.45. The molecule has 0 radical (unpaired) electrons. The van der Waals surface area contributed by atoms with E-state index in [9.17, 15) is 4.79 Å². The Morgan fingerprint density at radius 2 is 2.17 bits per heavy atom. The van der Waals surface area contributed by atoms with Crippen molar-refractivity contribution in [2.75, 3.05) is 6.54 Å². The lowest BCUT2D eigenvalue weighted by atomic mass is 9.98. The molecule has 2 rings (SSSR count). The van der Waals surface area contributed by atoms with Crippen molar-refractivity contribution in [2.24, 2.45) is 5.73 Å². The molecule has 98 valence electrons. The maximum atomic E-state index is 12.5. The van der Waals surface area contributed by atoms with E-state index in [1.807, 2.05) is 23.1 Å². The number of piperidine rings is 1. The maximum Gasteiger partial charge on any atom is 0.255 e. The molecule has 3 nitrogen and oxygen atoms in total. The molecule has 0 spiro atoms. The number of likely N-dealkylation sites (tertiary alicyclic amines) is 1. The van der Waals surface area contributed by atoms with Gasteiger partial charge in [-0.05, 0) is 53.9 Å². The molecule has 1 aromatic rings. The molecular formula is C13H16Br2N2O. The lowest BCUT2D eigenvalue weighted by Gasteiger charge is -2.36. The third-order valence-corrected chi connectivity index (χ3v) is 4.49. The summed E-state index contributed by atoms with van der Waals surface area (Å²) < 4.78 is 1.78. The van der Waals surface area contributed by atoms with Gasteiger partial charge in [0.05, 0.1) is 5.56 Å². The molecule has 0 saturated carbocycles. The van der Waals surface area contributed by atoms with Crippen molar-refractivity contribution >= 4 is 37.8 Å². The number of carbonyl (C=O) groups is 1. The van der Waals surface area contributed by atoms with Gasteiger partial charge in [-0.25, -0.2) is 0 Å². The molecule has 0 bridgehead atoms. The van der Waals surface area contributed by atoms with Gasteiger partial charge in [-0.1, -0.05) is 15.9 Å². The zero-order chi connectivity index (χ0) is 13.3. The highest BCUT2D eigenvalue weighted by molar-refractivity contribution is 9.11. The van der Waals surface area contributed by atoms with Crippen LogP contribution in [0.4, 0.5) is 0 Å². The summed E-state index contributed by atoms with van der Waals surface area (Å²) in [4.78, 5) is 14.4. The van der Waals surface area contributed by atoms with Crippen LogP contribution in [-0.4, -0.2) is 29.4 Å². The fourth-order valence-electron chi connectivity index (χ4n) is 2.33. The zero-order valence-corrected chi connectivity index (χ0v) is 13.4. The highest BCUT2D eigenvalue weighted by Crippen LogP contribution is 2.25. The molecule has 0 aliphatic carbocycles. The maximum absolute atomic E-state index is 12.5. The van der Waals surface area contributed by atoms with Crippen molar-refractivity contribution < 1.29 is 4.79 Å². The van der Waals surface area contributed by atoms with Crippen LogP contribution in [0.15, 0.2) is 27.1 Å². The second kappa shape index (κ2) is 5.72. The Bertz CT molecular complexity index is 464. The second-order valence-corrected chi connectivity index (χ2v) is 6.53. The topological polar surface area (TPSA) is 46.3 Å². The summed E-state index contributed by atoms with van der Waals surface area (Å²) in [5, 5.41) is 0. The number of carbonyl (C=O) groups excluding carboxylic acids is 1. The van der Waals surface area contributed by atoms with Gasteiger partial charge in [0, 0.05) is 27.6 Å². The lowest BCUT2D eigenvalue weighted by Crippen LogP contribution is -2.48. The molecule has 1 aliphatic heterocycles. The number of nitrogens with two attached hydrogens (primary N) is 1. The molecular weight excluding hydrogens is 360 g/mol. The number of amides is 1. The van der Waals surface area contributed by atoms with E-state index >= 15 is 0 Å². The Balaban J connectivity index is 2.20. The van der Waals surface area contributed by atoms with Crippen LogP contribution in [0.25, 0.3) is 0 Å². The summed E-state index contributed by atoms with van der Waals surface area (Å²) in [6.45, 7) is 2.80. The van der Waals surface area contributed by atoms with Crippen LogP contribution in [0, 0.1) is 0 Å². The van der Waals surface area contributed by atoms with Crippen LogP contribution in [0.2, 0.25) is 0 Å². The van der Waals surface area contributed by atoms with E-state index in [1.54, 1.807) is 0 Å². The average molecular weight is 376 g/mol. The Hall–Kier alpha value is -0.390. The number of hydrogen-bond acceptors (Lipinski definition) is 2. The van der Waals surface area contributed by atoms with Gasteiger partial charge in [-0.2, -0.15) is 0 Å². The van der Waals surface area contributed by atoms with Crippen LogP contribution in [0.5, 0.6) is 0 Å². The average Bonchev–Trinajstić information content (AvgIpc) is 2.28. The number of hydrogen-bond donors (Lipinski definition) is 1. The van der Waals surface area contributed by atoms with Crippen molar-refractivity contribution in [1.29, 1.82) is 0 Å². The van der Waals surface area contributed by atoms with Crippen LogP contribution >= 0.6 is 31.9 Å². The second-order valence-electron chi connectivity index (χ2n) is 4.76. The monoisotopic (exact) mass is 374 g/mol. The van der Waals surface area contributed by atoms with E-state index < -0.39 is 0 Å². The van der Waals surface area contributed by atoms with Crippen molar-refractivity contribution in [3.05, 3.63) is 32.7 Å². The van der Waals surface area contributed by atoms with E-state index in [-0.39, 0.29) is 18.0 Å². The summed E-state index contributed by atoms with van der Waals surface area (Å²) in [5.74, 6) is 0.0776. The lowest BCUT2D eigenvalue weighted by molar-refractivity contribution is 0.0618. The van der Waals surface area contributed by atoms with Gasteiger partial charge in [0.2, 0.25) is 0 Å². The summed E-state index contributed by atoms with van der Waals surface area (Å²) in [5.41, 5.74) is 6.63. The van der Waals surface area contributed by atoms with Gasteiger partial charge in [0.15, 0.2) is 0 Å². The van der Waals surface area contributed by atoms with Gasteiger partial charge < -0.3 is 10.6 Å². The predicted molar refractivity (Wildman–Crippen MR) is 79.5 cm³/mol. The minimum absolute atomic E-state index is 0.0776. The minimum atomic E-state index is 0.0776. The summed E-state index contributed by atoms with van der Waals surface area (Å²) in [6, 6.07) is 6.05. The van der Waals surface area contributed by atoms with E-state index in [0.29, 0.717) is 5.56 Å². The molecule has 2 unspecified atom stereocenters. The largest absolute Gasteiger partial charge is 0.336 e. The molecule has 1 fully saturated rings. The minimum Gasteiger partial charge on any atom is -0.336 e. The molecule has 2 N–H and O–H groups in total. The molecule has 5 heteroatoms. The smallest absolute Gasteiger partial charge is 0.255 e. The van der Waals surface area contributed by atoms with Crippen molar-refractivity contribution in [3.63, 3.8) is 0 Å². The molecule has 1 heterocycles. The molecule has 1 saturated heterocycles. The Morgan fingerprint density at radius 1 is 1.44 bits per heavy atom. The van der Waals surface area contributed by atoms with E-state index in [4.69, 9.17) is 5.73 Å². The van der Waals surface area contributed by atoms with Gasteiger partial charge in [-0.3, -0.25) is 4.79 Å². The SMILES string of the molecule is CC1CC(N)CCN1C(=O)c1ccc(Br)cc1Br. The van der Waals surface area contributed by atoms with Gasteiger partial charge in [0.25, 0.3) is 5.91 Å². The highest BCUT2D eigenvalue weighted by atomic mass is 79.9. The van der Waals surface area contributed by atoms with Gasteiger partial charge in [0.1, 0.15) is 0 Å². The molecule has 0 aromatic heterocycles. The van der Waals surface area contributed by atoms with Crippen molar-refractivity contribution in [1.82, 2.24) is 4.90 Å². The molecule has 1 aliphatic rings. The van der Waals surface area contributed by atoms with Crippen LogP contribution in [0.1, 0.15) is 30.1 Å². The summed E-state index contributed by atoms with van der Waals surface area (Å²) >= 11 is 6.83. The van der Waals surface area contributed by atoms with Crippen molar-refractivity contribution in [2.45, 2.75) is 31.8 Å². The van der Waals surface area contributed by atoms with Crippen LogP contribution in [0.3, 0.4) is 0 Å². The molecule has 18 heavy (non-hydrogen) atoms. The van der Waals surface area contributed by atoms with E-state index in [1.165, 1.54) is 0 Å². The fourth-order valence-corrected chi connectivity index (χ4v) is 3.54. The first kappa shape index (κ1) is 14.0. The summed E-state index contributed by atoms with van der Waals surface area (Å²) in [6.07, 6.45) is 1.75. The number of halogens is 2. The van der Waals surface area contributed by atoms with E-state index in [2.05, 4.69) is 38.8 Å². The molecule has 1 aromatic carbocycles. The third-order valence-electron chi connectivity index (χ3n) is 3.34. The van der Waals surface area contributed by atoms with Gasteiger partial charge in [-0.15, -0.1) is 0 Å². The first-order valence-electron chi connectivity index (χ1n) is 6.00. The van der Waals surface area contributed by atoms with Gasteiger partial charge >= 0.3 is 0 Å². The van der Waals surface area contributed by atoms with Crippen molar-refractivity contribution in [3.8, 4) is 0 Å². The first-order chi connectivity index (χ1) is 8.49. The number of nitrogens with zero attached hydrogens (tertiary/aromatic N) is 1. The predicted octanol–water partition coefficient (Wildman–Crippen LogP) is 3.16. The number of rotatable bonds is 1. The highest BCUT2D eigenvalue weighted by Gasteiger charge is 2.28. The summed E-state index contributed by atoms with van der Waals surface area (Å²) in [7, 11) is 0. The first-order valence-corrected chi connectivity index (χ1v) is 7.59. The quantitative estimate of drug-likeness (QED) is 0.819. The third kappa shape index (κ3) is 2.95. The standard InChI is InChI=1S/C13H16Br2N2O/c1-8-6-10(16)4-5-17(8)13(18)11-3-2-9(14)7-12(11)15/h2-3,7-8,10H,4-6,16H2,1H3. The Morgan fingerprint density at radius 3 is 2.78 bits per heavy atom. The Labute approximate surface area is 124 Å². The van der Waals surface area contributed by atoms with E-state index in [0.717, 1.165) is 28.3 Å².